The summed E-state index contributed by atoms with van der Waals surface area (Å²) >= 11 is 0. The lowest BCUT2D eigenvalue weighted by atomic mass is 9.61. The molecule has 0 heterocycles. The Bertz CT molecular complexity index is 341. The summed E-state index contributed by atoms with van der Waals surface area (Å²) < 4.78 is 0. The number of rotatable bonds is 2. The van der Waals surface area contributed by atoms with Gasteiger partial charge < -0.3 is 5.11 Å². The minimum absolute atomic E-state index is 0.463. The van der Waals surface area contributed by atoms with Crippen LogP contribution in [0.4, 0.5) is 0 Å². The van der Waals surface area contributed by atoms with Gasteiger partial charge in [0.05, 0.1) is 5.60 Å². The Labute approximate surface area is 99.3 Å². The highest BCUT2D eigenvalue weighted by Gasteiger charge is 2.41. The number of aliphatic hydroxyl groups is 1. The van der Waals surface area contributed by atoms with Crippen LogP contribution in [0.15, 0.2) is 23.3 Å². The third-order valence-electron chi connectivity index (χ3n) is 4.32. The van der Waals surface area contributed by atoms with Crippen LogP contribution in [-0.2, 0) is 0 Å². The number of fused-ring (bicyclic) bond motifs is 1. The van der Waals surface area contributed by atoms with Gasteiger partial charge in [-0.2, -0.15) is 0 Å². The summed E-state index contributed by atoms with van der Waals surface area (Å²) in [6.45, 7) is 10.7. The molecular formula is C15H24O. The molecule has 1 nitrogen and oxygen atoms in total. The maximum absolute atomic E-state index is 10.3. The van der Waals surface area contributed by atoms with E-state index in [0.717, 1.165) is 0 Å². The van der Waals surface area contributed by atoms with E-state index in [1.807, 2.05) is 13.8 Å². The summed E-state index contributed by atoms with van der Waals surface area (Å²) in [5, 5.41) is 10.3. The van der Waals surface area contributed by atoms with Crippen molar-refractivity contribution >= 4 is 0 Å². The maximum atomic E-state index is 10.3. The van der Waals surface area contributed by atoms with Gasteiger partial charge in [-0.3, -0.25) is 0 Å². The standard InChI is InChI=1S/C15H24O/c1-9(2)12-7-11-8-14(15(4,5)16)13(12)6-10(11)3/h6,8-9,11-13,16H,7H2,1-5H3/t11-,12?,13?/m0/s1. The van der Waals surface area contributed by atoms with Crippen molar-refractivity contribution in [2.75, 3.05) is 0 Å². The summed E-state index contributed by atoms with van der Waals surface area (Å²) in [6, 6.07) is 0. The quantitative estimate of drug-likeness (QED) is 0.706. The molecule has 3 aliphatic carbocycles. The van der Waals surface area contributed by atoms with E-state index < -0.39 is 5.60 Å². The zero-order valence-electron chi connectivity index (χ0n) is 11.1. The summed E-state index contributed by atoms with van der Waals surface area (Å²) in [7, 11) is 0. The molecule has 0 saturated carbocycles. The molecule has 0 spiro atoms. The predicted octanol–water partition coefficient (Wildman–Crippen LogP) is 3.55. The Morgan fingerprint density at radius 3 is 2.38 bits per heavy atom. The van der Waals surface area contributed by atoms with Gasteiger partial charge >= 0.3 is 0 Å². The molecule has 0 fully saturated rings. The van der Waals surface area contributed by atoms with Crippen LogP contribution < -0.4 is 0 Å². The van der Waals surface area contributed by atoms with Crippen molar-refractivity contribution in [1.82, 2.24) is 0 Å². The molecular weight excluding hydrogens is 196 g/mol. The molecule has 16 heavy (non-hydrogen) atoms. The molecule has 3 atom stereocenters. The third kappa shape index (κ3) is 1.86. The topological polar surface area (TPSA) is 20.2 Å². The first kappa shape index (κ1) is 11.9. The van der Waals surface area contributed by atoms with E-state index in [2.05, 4.69) is 32.9 Å². The van der Waals surface area contributed by atoms with Gasteiger partial charge in [-0.15, -0.1) is 0 Å². The van der Waals surface area contributed by atoms with Crippen LogP contribution in [0, 0.1) is 23.7 Å². The Hall–Kier alpha value is -0.560. The van der Waals surface area contributed by atoms with Crippen molar-refractivity contribution in [3.05, 3.63) is 23.3 Å². The van der Waals surface area contributed by atoms with Gasteiger partial charge in [-0.1, -0.05) is 31.6 Å². The van der Waals surface area contributed by atoms with Crippen LogP contribution in [-0.4, -0.2) is 10.7 Å². The van der Waals surface area contributed by atoms with Crippen LogP contribution in [0.3, 0.4) is 0 Å². The van der Waals surface area contributed by atoms with Gasteiger partial charge in [-0.05, 0) is 50.5 Å². The van der Waals surface area contributed by atoms with Crippen LogP contribution in [0.25, 0.3) is 0 Å². The van der Waals surface area contributed by atoms with E-state index in [1.54, 1.807) is 0 Å². The fourth-order valence-corrected chi connectivity index (χ4v) is 3.30. The van der Waals surface area contributed by atoms with E-state index in [0.29, 0.717) is 23.7 Å². The third-order valence-corrected chi connectivity index (χ3v) is 4.32. The van der Waals surface area contributed by atoms with E-state index >= 15 is 0 Å². The van der Waals surface area contributed by atoms with Crippen LogP contribution in [0.5, 0.6) is 0 Å². The molecule has 3 aliphatic rings. The lowest BCUT2D eigenvalue weighted by Crippen LogP contribution is -2.39. The molecule has 0 aromatic rings. The molecule has 0 aromatic heterocycles. The second-order valence-electron chi connectivity index (χ2n) is 6.37. The number of hydrogen-bond acceptors (Lipinski definition) is 1. The second-order valence-corrected chi connectivity index (χ2v) is 6.37. The van der Waals surface area contributed by atoms with E-state index in [9.17, 15) is 5.11 Å². The average Bonchev–Trinajstić information content (AvgIpc) is 2.15. The van der Waals surface area contributed by atoms with Crippen molar-refractivity contribution in [2.45, 2.75) is 46.6 Å². The van der Waals surface area contributed by atoms with E-state index in [-0.39, 0.29) is 0 Å². The average molecular weight is 220 g/mol. The fourth-order valence-electron chi connectivity index (χ4n) is 3.30. The molecule has 2 unspecified atom stereocenters. The molecule has 0 saturated heterocycles. The molecule has 1 N–H and O–H groups in total. The molecule has 0 amide bonds. The Morgan fingerprint density at radius 1 is 1.31 bits per heavy atom. The van der Waals surface area contributed by atoms with E-state index in [4.69, 9.17) is 0 Å². The van der Waals surface area contributed by atoms with Crippen LogP contribution >= 0.6 is 0 Å². The van der Waals surface area contributed by atoms with Crippen molar-refractivity contribution in [3.8, 4) is 0 Å². The summed E-state index contributed by atoms with van der Waals surface area (Å²) in [6.07, 6.45) is 5.98. The van der Waals surface area contributed by atoms with Gasteiger partial charge in [0.1, 0.15) is 0 Å². The molecule has 0 radical (unpaired) electrons. The van der Waals surface area contributed by atoms with Gasteiger partial charge in [0.2, 0.25) is 0 Å². The SMILES string of the molecule is CC1=CC2C(C(C)(C)O)=C[C@@H]1CC2C(C)C. The second kappa shape index (κ2) is 3.73. The van der Waals surface area contributed by atoms with Crippen LogP contribution in [0.1, 0.15) is 41.0 Å². The van der Waals surface area contributed by atoms with Gasteiger partial charge in [-0.25, -0.2) is 0 Å². The Kier molecular flexibility index (Phi) is 2.78. The molecule has 0 aromatic carbocycles. The van der Waals surface area contributed by atoms with Gasteiger partial charge in [0.15, 0.2) is 0 Å². The van der Waals surface area contributed by atoms with Crippen LogP contribution in [0.2, 0.25) is 0 Å². The zero-order valence-corrected chi connectivity index (χ0v) is 11.1. The summed E-state index contributed by atoms with van der Waals surface area (Å²) in [4.78, 5) is 0. The number of allylic oxidation sites excluding steroid dienone is 3. The van der Waals surface area contributed by atoms with Crippen molar-refractivity contribution < 1.29 is 5.11 Å². The first-order chi connectivity index (χ1) is 7.30. The molecule has 3 rings (SSSR count). The first-order valence-electron chi connectivity index (χ1n) is 6.43. The van der Waals surface area contributed by atoms with Crippen molar-refractivity contribution in [3.63, 3.8) is 0 Å². The molecule has 1 heteroatoms. The van der Waals surface area contributed by atoms with Crippen molar-refractivity contribution in [1.29, 1.82) is 0 Å². The van der Waals surface area contributed by atoms with E-state index in [1.165, 1.54) is 17.6 Å². The minimum atomic E-state index is -0.659. The Balaban J connectivity index is 2.36. The lowest BCUT2D eigenvalue weighted by Gasteiger charge is -2.45. The molecule has 2 bridgehead atoms. The van der Waals surface area contributed by atoms with Gasteiger partial charge in [0, 0.05) is 5.92 Å². The van der Waals surface area contributed by atoms with Crippen molar-refractivity contribution in [2.24, 2.45) is 23.7 Å². The lowest BCUT2D eigenvalue weighted by molar-refractivity contribution is 0.0903. The largest absolute Gasteiger partial charge is 0.386 e. The highest BCUT2D eigenvalue weighted by Crippen LogP contribution is 2.49. The highest BCUT2D eigenvalue weighted by molar-refractivity contribution is 5.36. The smallest absolute Gasteiger partial charge is 0.0806 e. The summed E-state index contributed by atoms with van der Waals surface area (Å²) in [5.74, 6) is 2.44. The monoisotopic (exact) mass is 220 g/mol. The number of hydrogen-bond donors (Lipinski definition) is 1. The zero-order chi connectivity index (χ0) is 12.1. The van der Waals surface area contributed by atoms with Gasteiger partial charge in [0.25, 0.3) is 0 Å². The fraction of sp³-hybridized carbons (Fsp3) is 0.733. The molecule has 90 valence electrons. The minimum Gasteiger partial charge on any atom is -0.386 e. The predicted molar refractivity (Wildman–Crippen MR) is 68.1 cm³/mol. The highest BCUT2D eigenvalue weighted by atomic mass is 16.3. The first-order valence-corrected chi connectivity index (χ1v) is 6.43. The summed E-state index contributed by atoms with van der Waals surface area (Å²) in [5.41, 5.74) is 2.08. The Morgan fingerprint density at radius 2 is 1.94 bits per heavy atom. The molecule has 0 aliphatic heterocycles. The maximum Gasteiger partial charge on any atom is 0.0806 e. The normalized spacial score (nSPS) is 34.1.